The number of rotatable bonds is 1. The fourth-order valence-corrected chi connectivity index (χ4v) is 8.67. The normalized spacial score (nSPS) is 51.2. The Kier molecular flexibility index (Phi) is 4.29. The van der Waals surface area contributed by atoms with Crippen LogP contribution in [0.2, 0.25) is 0 Å². The Morgan fingerprint density at radius 3 is 2.48 bits per heavy atom. The van der Waals surface area contributed by atoms with Crippen LogP contribution in [-0.4, -0.2) is 23.6 Å². The highest BCUT2D eigenvalue weighted by Gasteiger charge is 2.63. The molecule has 29 heavy (non-hydrogen) atoms. The molecule has 0 amide bonds. The molecule has 1 aliphatic heterocycles. The zero-order valence-electron chi connectivity index (χ0n) is 18.3. The van der Waals surface area contributed by atoms with Crippen LogP contribution in [-0.2, 0) is 19.1 Å². The lowest BCUT2D eigenvalue weighted by Crippen LogP contribution is -2.56. The van der Waals surface area contributed by atoms with Crippen molar-refractivity contribution in [3.05, 3.63) is 12.2 Å². The molecule has 5 aliphatic rings. The van der Waals surface area contributed by atoms with Crippen LogP contribution in [0.5, 0.6) is 0 Å². The van der Waals surface area contributed by atoms with E-state index in [1.54, 1.807) is 6.92 Å². The van der Waals surface area contributed by atoms with Gasteiger partial charge in [-0.1, -0.05) is 20.4 Å². The van der Waals surface area contributed by atoms with E-state index >= 15 is 0 Å². The van der Waals surface area contributed by atoms with Crippen molar-refractivity contribution in [1.82, 2.24) is 0 Å². The Morgan fingerprint density at radius 2 is 1.79 bits per heavy atom. The number of hydrogen-bond donors (Lipinski definition) is 0. The van der Waals surface area contributed by atoms with Crippen molar-refractivity contribution in [2.75, 3.05) is 0 Å². The highest BCUT2D eigenvalue weighted by molar-refractivity contribution is 5.90. The van der Waals surface area contributed by atoms with Crippen LogP contribution in [0.25, 0.3) is 0 Å². The molecule has 0 aromatic heterocycles. The number of carbonyl (C=O) groups is 2. The van der Waals surface area contributed by atoms with Gasteiger partial charge >= 0.3 is 11.9 Å². The fraction of sp³-hybridized carbons (Fsp3) is 0.840. The van der Waals surface area contributed by atoms with Gasteiger partial charge in [-0.3, -0.25) is 4.79 Å². The largest absolute Gasteiger partial charge is 0.462 e. The second-order valence-corrected chi connectivity index (χ2v) is 11.4. The molecule has 0 aromatic rings. The van der Waals surface area contributed by atoms with Crippen LogP contribution in [0, 0.1) is 34.5 Å². The molecule has 8 atom stereocenters. The summed E-state index contributed by atoms with van der Waals surface area (Å²) < 4.78 is 11.7. The third-order valence-electron chi connectivity index (χ3n) is 10.2. The van der Waals surface area contributed by atoms with Gasteiger partial charge in [0.25, 0.3) is 0 Å². The Morgan fingerprint density at radius 1 is 1.03 bits per heavy atom. The molecule has 4 saturated carbocycles. The molecule has 0 aromatic carbocycles. The zero-order valence-corrected chi connectivity index (χ0v) is 18.3. The van der Waals surface area contributed by atoms with Gasteiger partial charge in [0.15, 0.2) is 0 Å². The smallest absolute Gasteiger partial charge is 0.334 e. The van der Waals surface area contributed by atoms with E-state index in [1.807, 2.05) is 0 Å². The van der Waals surface area contributed by atoms with Gasteiger partial charge in [-0.15, -0.1) is 0 Å². The van der Waals surface area contributed by atoms with E-state index in [9.17, 15) is 9.59 Å². The fourth-order valence-electron chi connectivity index (χ4n) is 8.67. The number of ether oxygens (including phenoxy) is 2. The number of fused-ring (bicyclic) bond motifs is 5. The summed E-state index contributed by atoms with van der Waals surface area (Å²) in [6, 6.07) is 0. The predicted molar refractivity (Wildman–Crippen MR) is 110 cm³/mol. The average Bonchev–Trinajstić information content (AvgIpc) is 3.12. The SMILES string of the molecule is C=C1C[C@@]2(CC[C@@]3(C)[C@@H](CC[C@@H]4[C@@H]3CC[C@]3(C)[C@@H](OC(C)=O)CC[C@@H]43)C2)OC1=O. The lowest BCUT2D eigenvalue weighted by molar-refractivity contribution is -0.175. The molecule has 1 spiro atoms. The summed E-state index contributed by atoms with van der Waals surface area (Å²) in [5, 5.41) is 0. The van der Waals surface area contributed by atoms with Crippen molar-refractivity contribution in [2.45, 2.75) is 96.7 Å². The zero-order chi connectivity index (χ0) is 20.6. The molecule has 5 fully saturated rings. The van der Waals surface area contributed by atoms with Crippen LogP contribution >= 0.6 is 0 Å². The summed E-state index contributed by atoms with van der Waals surface area (Å²) in [6.07, 6.45) is 11.2. The monoisotopic (exact) mass is 400 g/mol. The minimum absolute atomic E-state index is 0.106. The molecule has 1 heterocycles. The minimum atomic E-state index is -0.262. The van der Waals surface area contributed by atoms with E-state index in [-0.39, 0.29) is 29.1 Å². The Bertz CT molecular complexity index is 740. The minimum Gasteiger partial charge on any atom is -0.462 e. The highest BCUT2D eigenvalue weighted by Crippen LogP contribution is 2.68. The van der Waals surface area contributed by atoms with Crippen molar-refractivity contribution in [2.24, 2.45) is 34.5 Å². The second kappa shape index (κ2) is 6.34. The van der Waals surface area contributed by atoms with E-state index in [4.69, 9.17) is 9.47 Å². The van der Waals surface area contributed by atoms with Crippen molar-refractivity contribution in [3.8, 4) is 0 Å². The third kappa shape index (κ3) is 2.76. The van der Waals surface area contributed by atoms with Gasteiger partial charge in [0.1, 0.15) is 11.7 Å². The molecule has 0 unspecified atom stereocenters. The Balaban J connectivity index is 1.36. The Labute approximate surface area is 174 Å². The van der Waals surface area contributed by atoms with E-state index in [1.165, 1.54) is 32.1 Å². The third-order valence-corrected chi connectivity index (χ3v) is 10.2. The maximum absolute atomic E-state index is 12.0. The van der Waals surface area contributed by atoms with Crippen LogP contribution < -0.4 is 0 Å². The number of esters is 2. The molecule has 1 saturated heterocycles. The van der Waals surface area contributed by atoms with Crippen molar-refractivity contribution in [1.29, 1.82) is 0 Å². The summed E-state index contributed by atoms with van der Waals surface area (Å²) in [5.41, 5.74) is 0.913. The first-order valence-electron chi connectivity index (χ1n) is 11.8. The van der Waals surface area contributed by atoms with Gasteiger partial charge in [-0.25, -0.2) is 4.79 Å². The lowest BCUT2D eigenvalue weighted by atomic mass is 9.44. The van der Waals surface area contributed by atoms with Crippen LogP contribution in [0.4, 0.5) is 0 Å². The quantitative estimate of drug-likeness (QED) is 0.448. The summed E-state index contributed by atoms with van der Waals surface area (Å²) in [7, 11) is 0. The van der Waals surface area contributed by atoms with Gasteiger partial charge in [0.05, 0.1) is 0 Å². The van der Waals surface area contributed by atoms with E-state index in [0.717, 1.165) is 43.9 Å². The molecule has 0 N–H and O–H groups in total. The maximum Gasteiger partial charge on any atom is 0.334 e. The summed E-state index contributed by atoms with van der Waals surface area (Å²) >= 11 is 0. The first-order valence-corrected chi connectivity index (χ1v) is 11.8. The molecule has 5 rings (SSSR count). The highest BCUT2D eigenvalue weighted by atomic mass is 16.6. The molecule has 0 radical (unpaired) electrons. The van der Waals surface area contributed by atoms with Gasteiger partial charge in [0, 0.05) is 24.3 Å². The van der Waals surface area contributed by atoms with Crippen molar-refractivity contribution < 1.29 is 19.1 Å². The topological polar surface area (TPSA) is 52.6 Å². The summed E-state index contributed by atoms with van der Waals surface area (Å²) in [5.74, 6) is 2.55. The molecule has 0 bridgehead atoms. The average molecular weight is 401 g/mol. The molecular formula is C25H36O4. The number of hydrogen-bond acceptors (Lipinski definition) is 4. The van der Waals surface area contributed by atoms with Crippen molar-refractivity contribution in [3.63, 3.8) is 0 Å². The van der Waals surface area contributed by atoms with Gasteiger partial charge in [-0.2, -0.15) is 0 Å². The van der Waals surface area contributed by atoms with Crippen molar-refractivity contribution >= 4 is 11.9 Å². The summed E-state index contributed by atoms with van der Waals surface area (Å²) in [6.45, 7) is 10.4. The number of carbonyl (C=O) groups excluding carboxylic acids is 2. The molecule has 4 nitrogen and oxygen atoms in total. The molecular weight excluding hydrogens is 364 g/mol. The van der Waals surface area contributed by atoms with Gasteiger partial charge < -0.3 is 9.47 Å². The second-order valence-electron chi connectivity index (χ2n) is 11.4. The van der Waals surface area contributed by atoms with Gasteiger partial charge in [-0.05, 0) is 86.9 Å². The standard InChI is InChI=1S/C25H36O4/c1-15-13-25(29-22(15)27)12-11-23(3)17(14-25)5-6-18-19-7-8-21(28-16(2)26)24(19,4)10-9-20(18)23/h17-21H,1,5-14H2,2-4H3/t17-,18-,19-,20-,21-,23-,24-,25+/m0/s1. The predicted octanol–water partition coefficient (Wildman–Crippen LogP) is 5.20. The van der Waals surface area contributed by atoms with Crippen LogP contribution in [0.1, 0.15) is 85.0 Å². The van der Waals surface area contributed by atoms with E-state index < -0.39 is 0 Å². The summed E-state index contributed by atoms with van der Waals surface area (Å²) in [4.78, 5) is 23.7. The van der Waals surface area contributed by atoms with E-state index in [0.29, 0.717) is 22.8 Å². The van der Waals surface area contributed by atoms with Crippen LogP contribution in [0.3, 0.4) is 0 Å². The molecule has 4 heteroatoms. The van der Waals surface area contributed by atoms with Crippen LogP contribution in [0.15, 0.2) is 12.2 Å². The lowest BCUT2D eigenvalue weighted by Gasteiger charge is -2.61. The molecule has 160 valence electrons. The first-order chi connectivity index (χ1) is 13.7. The maximum atomic E-state index is 12.0. The first kappa shape index (κ1) is 19.6. The van der Waals surface area contributed by atoms with Gasteiger partial charge in [0.2, 0.25) is 0 Å². The molecule has 4 aliphatic carbocycles. The Hall–Kier alpha value is -1.32. The van der Waals surface area contributed by atoms with E-state index in [2.05, 4.69) is 20.4 Å².